The first-order valence-electron chi connectivity index (χ1n) is 12.1. The van der Waals surface area contributed by atoms with Crippen molar-refractivity contribution in [2.45, 2.75) is 56.3 Å². The van der Waals surface area contributed by atoms with Crippen molar-refractivity contribution in [1.29, 1.82) is 0 Å². The fourth-order valence-corrected chi connectivity index (χ4v) is 4.52. The van der Waals surface area contributed by atoms with Gasteiger partial charge in [-0.2, -0.15) is 4.52 Å². The second kappa shape index (κ2) is 8.81. The molecule has 2 aliphatic rings. The van der Waals surface area contributed by atoms with Crippen LogP contribution in [0.15, 0.2) is 29.1 Å². The Kier molecular flexibility index (Phi) is 6.11. The maximum atomic E-state index is 12.7. The molecule has 13 heteroatoms. The molecule has 4 heterocycles. The smallest absolute Gasteiger partial charge is 0.274 e. The molecule has 0 saturated carbocycles. The van der Waals surface area contributed by atoms with Gasteiger partial charge in [0.15, 0.2) is 23.0 Å². The van der Waals surface area contributed by atoms with Crippen LogP contribution in [0, 0.1) is 13.8 Å². The van der Waals surface area contributed by atoms with Gasteiger partial charge in [-0.3, -0.25) is 4.79 Å². The van der Waals surface area contributed by atoms with Gasteiger partial charge in [-0.25, -0.2) is 4.98 Å². The zero-order valence-electron chi connectivity index (χ0n) is 21.2. The molecule has 10 radical (unpaired) electrons. The maximum absolute atomic E-state index is 12.7. The summed E-state index contributed by atoms with van der Waals surface area (Å²) < 4.78 is 18.6. The van der Waals surface area contributed by atoms with Gasteiger partial charge in [0.05, 0.1) is 5.50 Å². The quantitative estimate of drug-likeness (QED) is 0.500. The Hall–Kier alpha value is -2.97. The average molecular weight is 486 g/mol. The van der Waals surface area contributed by atoms with Gasteiger partial charge < -0.3 is 19.1 Å². The van der Waals surface area contributed by atoms with Crippen molar-refractivity contribution in [3.8, 4) is 17.2 Å². The molecule has 0 amide bonds. The molecule has 37 heavy (non-hydrogen) atoms. The molecule has 1 aromatic carbocycles. The Morgan fingerprint density at radius 2 is 1.62 bits per heavy atom. The van der Waals surface area contributed by atoms with Gasteiger partial charge in [0, 0.05) is 52.8 Å². The van der Waals surface area contributed by atoms with E-state index < -0.39 is 16.3 Å². The van der Waals surface area contributed by atoms with Crippen LogP contribution in [0.1, 0.15) is 36.6 Å². The third-order valence-electron chi connectivity index (χ3n) is 7.05. The van der Waals surface area contributed by atoms with E-state index in [9.17, 15) is 4.79 Å². The Balaban J connectivity index is 1.34. The summed E-state index contributed by atoms with van der Waals surface area (Å²) in [6, 6.07) is 6.40. The van der Waals surface area contributed by atoms with Gasteiger partial charge in [0.25, 0.3) is 5.56 Å². The van der Waals surface area contributed by atoms with Crippen LogP contribution in [-0.4, -0.2) is 83.2 Å². The molecule has 0 atom stereocenters. The molecular weight excluding hydrogens is 462 g/mol. The normalized spacial score (nSPS) is 19.5. The lowest BCUT2D eigenvalue weighted by Gasteiger charge is -2.48. The second-order valence-corrected chi connectivity index (χ2v) is 9.80. The lowest BCUT2D eigenvalue weighted by atomic mass is 9.41. The van der Waals surface area contributed by atoms with Crippen LogP contribution in [0.4, 0.5) is 5.82 Å². The third kappa shape index (κ3) is 4.51. The molecule has 5 rings (SSSR count). The number of aryl methyl sites for hydroxylation is 2. The minimum Gasteiger partial charge on any atom is -0.501 e. The molecule has 0 bridgehead atoms. The van der Waals surface area contributed by atoms with Crippen LogP contribution in [-0.2, 0) is 6.42 Å². The molecular formula is C24H23B5N4O4. The minimum atomic E-state index is -1.94. The lowest BCUT2D eigenvalue weighted by molar-refractivity contribution is 0.0603. The van der Waals surface area contributed by atoms with Crippen molar-refractivity contribution in [3.63, 3.8) is 0 Å². The number of anilines is 1. The highest BCUT2D eigenvalue weighted by Crippen LogP contribution is 2.42. The van der Waals surface area contributed by atoms with Crippen LogP contribution < -0.4 is 24.7 Å². The first-order chi connectivity index (χ1) is 17.3. The molecule has 0 aliphatic carbocycles. The zero-order valence-corrected chi connectivity index (χ0v) is 21.2. The Morgan fingerprint density at radius 3 is 2.27 bits per heavy atom. The Bertz CT molecular complexity index is 1440. The van der Waals surface area contributed by atoms with Gasteiger partial charge in [0.2, 0.25) is 0 Å². The number of nitrogens with zero attached hydrogens (tertiary/aromatic N) is 4. The molecule has 0 spiro atoms. The Morgan fingerprint density at radius 1 is 0.973 bits per heavy atom. The van der Waals surface area contributed by atoms with Crippen molar-refractivity contribution in [2.24, 2.45) is 0 Å². The molecule has 178 valence electrons. The largest absolute Gasteiger partial charge is 0.501 e. The monoisotopic (exact) mass is 486 g/mol. The SMILES string of the molecule is [B]C1(Oc2ccc3c(c2)OC([B])([B])C([B])([B])O3)CCN(c2nn3c(=O)cc(CC)nc3c(C)c2C)CC1. The molecule has 1 fully saturated rings. The summed E-state index contributed by atoms with van der Waals surface area (Å²) in [5, 5.41) is 0.804. The van der Waals surface area contributed by atoms with E-state index in [-0.39, 0.29) is 17.1 Å². The van der Waals surface area contributed by atoms with Crippen LogP contribution in [0.3, 0.4) is 0 Å². The summed E-state index contributed by atoms with van der Waals surface area (Å²) >= 11 is 0. The van der Waals surface area contributed by atoms with Gasteiger partial charge in [-0.05, 0) is 45.2 Å². The van der Waals surface area contributed by atoms with Gasteiger partial charge in [-0.15, -0.1) is 5.10 Å². The van der Waals surface area contributed by atoms with E-state index in [4.69, 9.17) is 53.4 Å². The fourth-order valence-electron chi connectivity index (χ4n) is 4.52. The highest BCUT2D eigenvalue weighted by atomic mass is 16.6. The predicted molar refractivity (Wildman–Crippen MR) is 145 cm³/mol. The van der Waals surface area contributed by atoms with E-state index in [0.29, 0.717) is 43.7 Å². The molecule has 2 aliphatic heterocycles. The minimum absolute atomic E-state index is 0.196. The van der Waals surface area contributed by atoms with Crippen molar-refractivity contribution < 1.29 is 14.2 Å². The highest BCUT2D eigenvalue weighted by molar-refractivity contribution is 6.53. The van der Waals surface area contributed by atoms with Crippen LogP contribution in [0.5, 0.6) is 17.2 Å². The molecule has 0 N–H and O–H groups in total. The molecule has 1 saturated heterocycles. The first kappa shape index (κ1) is 25.7. The summed E-state index contributed by atoms with van der Waals surface area (Å²) in [5.41, 5.74) is 2.09. The number of ether oxygens (including phenoxy) is 3. The summed E-state index contributed by atoms with van der Waals surface area (Å²) in [6.45, 7) is 7.07. The van der Waals surface area contributed by atoms with E-state index >= 15 is 0 Å². The van der Waals surface area contributed by atoms with Crippen molar-refractivity contribution in [3.05, 3.63) is 51.4 Å². The fraction of sp³-hybridized carbons (Fsp3) is 0.458. The highest BCUT2D eigenvalue weighted by Gasteiger charge is 2.43. The maximum Gasteiger partial charge on any atom is 0.274 e. The number of fused-ring (bicyclic) bond motifs is 2. The van der Waals surface area contributed by atoms with Gasteiger partial charge in [0.1, 0.15) is 45.0 Å². The number of hydrogen-bond donors (Lipinski definition) is 0. The number of rotatable bonds is 4. The van der Waals surface area contributed by atoms with Gasteiger partial charge in [-0.1, -0.05) is 6.92 Å². The van der Waals surface area contributed by atoms with E-state index in [2.05, 4.69) is 15.0 Å². The number of piperidine rings is 1. The topological polar surface area (TPSA) is 78.2 Å². The van der Waals surface area contributed by atoms with E-state index in [1.54, 1.807) is 18.2 Å². The van der Waals surface area contributed by atoms with Crippen molar-refractivity contribution in [1.82, 2.24) is 14.6 Å². The molecule has 2 aromatic heterocycles. The van der Waals surface area contributed by atoms with E-state index in [0.717, 1.165) is 22.6 Å². The molecule has 8 nitrogen and oxygen atoms in total. The summed E-state index contributed by atoms with van der Waals surface area (Å²) in [4.78, 5) is 19.4. The van der Waals surface area contributed by atoms with Crippen LogP contribution >= 0.6 is 0 Å². The van der Waals surface area contributed by atoms with Crippen LogP contribution in [0.25, 0.3) is 5.65 Å². The molecule has 0 unspecified atom stereocenters. The predicted octanol–water partition coefficient (Wildman–Crippen LogP) is 0.566. The van der Waals surface area contributed by atoms with Gasteiger partial charge >= 0.3 is 0 Å². The number of hydrogen-bond acceptors (Lipinski definition) is 7. The third-order valence-corrected chi connectivity index (χ3v) is 7.05. The number of aromatic nitrogens is 3. The van der Waals surface area contributed by atoms with E-state index in [1.807, 2.05) is 20.8 Å². The zero-order chi connectivity index (χ0) is 26.8. The number of benzene rings is 1. The summed E-state index contributed by atoms with van der Waals surface area (Å²) in [7, 11) is 30.0. The van der Waals surface area contributed by atoms with Crippen molar-refractivity contribution >= 4 is 50.7 Å². The lowest BCUT2D eigenvalue weighted by Crippen LogP contribution is -2.65. The molecule has 3 aromatic rings. The summed E-state index contributed by atoms with van der Waals surface area (Å²) in [6.07, 6.45) is 1.70. The Labute approximate surface area is 222 Å². The standard InChI is InChI=1S/C24H23B5N4O4/c1-4-15-11-19(34)33-20(30-15)13(2)14(3)21(31-33)32-9-7-22(25,8-10-32)35-16-5-6-17-18(12-16)37-24(28,29)23(26,27)36-17/h5-6,11-12H,4,7-10H2,1-3H3. The summed E-state index contributed by atoms with van der Waals surface area (Å²) in [5.74, 6) is 1.71. The van der Waals surface area contributed by atoms with E-state index in [1.165, 1.54) is 10.6 Å². The first-order valence-corrected chi connectivity index (χ1v) is 12.1. The average Bonchev–Trinajstić information content (AvgIpc) is 2.82. The second-order valence-electron chi connectivity index (χ2n) is 9.80. The van der Waals surface area contributed by atoms with Crippen LogP contribution in [0.2, 0.25) is 0 Å². The van der Waals surface area contributed by atoms with Crippen molar-refractivity contribution in [2.75, 3.05) is 18.0 Å².